The molecule has 168 valence electrons. The molecule has 1 amide bonds. The Bertz CT molecular complexity index is 1190. The molecule has 0 bridgehead atoms. The summed E-state index contributed by atoms with van der Waals surface area (Å²) in [4.78, 5) is 15.3. The fourth-order valence-electron chi connectivity index (χ4n) is 5.43. The Morgan fingerprint density at radius 3 is 2.88 bits per heavy atom. The van der Waals surface area contributed by atoms with Gasteiger partial charge in [-0.2, -0.15) is 0 Å². The lowest BCUT2D eigenvalue weighted by Gasteiger charge is -2.35. The summed E-state index contributed by atoms with van der Waals surface area (Å²) in [6, 6.07) is 7.75. The molecule has 1 aliphatic heterocycles. The SMILES string of the molecule is CCC(N[C@H]1COc2c(F)ccc(C(N)=O)c2C1)C1CCc2[nH]c3ccc(F)cc3c2C1. The number of amides is 1. The summed E-state index contributed by atoms with van der Waals surface area (Å²) in [6.07, 6.45) is 4.23. The Hall–Kier alpha value is -2.93. The number of ether oxygens (including phenoxy) is 1. The van der Waals surface area contributed by atoms with Crippen molar-refractivity contribution in [1.29, 1.82) is 0 Å². The number of hydrogen-bond acceptors (Lipinski definition) is 3. The Labute approximate surface area is 185 Å². The smallest absolute Gasteiger partial charge is 0.249 e. The van der Waals surface area contributed by atoms with Crippen molar-refractivity contribution in [3.05, 3.63) is 64.4 Å². The first-order valence-corrected chi connectivity index (χ1v) is 11.2. The average molecular weight is 440 g/mol. The number of hydrogen-bond donors (Lipinski definition) is 3. The third kappa shape index (κ3) is 3.64. The summed E-state index contributed by atoms with van der Waals surface area (Å²) in [5.41, 5.74) is 9.74. The summed E-state index contributed by atoms with van der Waals surface area (Å²) in [5, 5.41) is 4.67. The van der Waals surface area contributed by atoms with E-state index in [0.29, 0.717) is 30.1 Å². The van der Waals surface area contributed by atoms with Gasteiger partial charge in [-0.25, -0.2) is 8.78 Å². The van der Waals surface area contributed by atoms with Crippen LogP contribution in [0, 0.1) is 17.6 Å². The van der Waals surface area contributed by atoms with Gasteiger partial charge in [0.05, 0.1) is 0 Å². The van der Waals surface area contributed by atoms with Crippen molar-refractivity contribution in [3.63, 3.8) is 0 Å². The second-order valence-electron chi connectivity index (χ2n) is 8.94. The number of benzene rings is 2. The molecule has 2 unspecified atom stereocenters. The van der Waals surface area contributed by atoms with Crippen LogP contribution in [-0.4, -0.2) is 29.6 Å². The molecule has 7 heteroatoms. The molecule has 1 aromatic heterocycles. The van der Waals surface area contributed by atoms with E-state index < -0.39 is 11.7 Å². The number of rotatable bonds is 5. The van der Waals surface area contributed by atoms with E-state index in [1.165, 1.54) is 29.5 Å². The average Bonchev–Trinajstić information content (AvgIpc) is 3.14. The fourth-order valence-corrected chi connectivity index (χ4v) is 5.43. The van der Waals surface area contributed by atoms with Gasteiger partial charge in [-0.15, -0.1) is 0 Å². The number of nitrogens with one attached hydrogen (secondary N) is 2. The summed E-state index contributed by atoms with van der Waals surface area (Å²) in [6.45, 7) is 2.48. The van der Waals surface area contributed by atoms with Crippen LogP contribution in [-0.2, 0) is 19.3 Å². The van der Waals surface area contributed by atoms with Gasteiger partial charge in [-0.05, 0) is 73.9 Å². The number of aryl methyl sites for hydroxylation is 1. The molecule has 5 nitrogen and oxygen atoms in total. The highest BCUT2D eigenvalue weighted by Gasteiger charge is 2.32. The van der Waals surface area contributed by atoms with Crippen LogP contribution in [0.25, 0.3) is 10.9 Å². The molecule has 0 saturated heterocycles. The lowest BCUT2D eigenvalue weighted by atomic mass is 9.80. The zero-order valence-electron chi connectivity index (χ0n) is 18.0. The highest BCUT2D eigenvalue weighted by Crippen LogP contribution is 2.35. The van der Waals surface area contributed by atoms with Crippen molar-refractivity contribution < 1.29 is 18.3 Å². The van der Waals surface area contributed by atoms with Crippen molar-refractivity contribution in [3.8, 4) is 5.75 Å². The van der Waals surface area contributed by atoms with E-state index in [2.05, 4.69) is 17.2 Å². The standard InChI is InChI=1S/C25H27F2N3O2/c1-2-21(13-3-7-22-17(9-13)18-10-14(26)4-8-23(18)30-22)29-15-11-19-16(25(28)31)5-6-20(27)24(19)32-12-15/h4-6,8,10,13,15,21,29-30H,2-3,7,9,11-12H2,1H3,(H2,28,31)/t13?,15-,21?/m1/s1. The van der Waals surface area contributed by atoms with E-state index >= 15 is 0 Å². The summed E-state index contributed by atoms with van der Waals surface area (Å²) < 4.78 is 33.8. The maximum Gasteiger partial charge on any atom is 0.249 e. The van der Waals surface area contributed by atoms with Gasteiger partial charge in [0.1, 0.15) is 12.4 Å². The quantitative estimate of drug-likeness (QED) is 0.562. The van der Waals surface area contributed by atoms with Crippen molar-refractivity contribution in [2.24, 2.45) is 11.7 Å². The number of fused-ring (bicyclic) bond motifs is 4. The maximum atomic E-state index is 14.2. The maximum absolute atomic E-state index is 14.2. The molecule has 32 heavy (non-hydrogen) atoms. The minimum absolute atomic E-state index is 0.0471. The predicted octanol–water partition coefficient (Wildman–Crippen LogP) is 4.02. The zero-order chi connectivity index (χ0) is 22.4. The molecular weight excluding hydrogens is 412 g/mol. The molecule has 0 spiro atoms. The van der Waals surface area contributed by atoms with E-state index in [-0.39, 0.29) is 23.7 Å². The lowest BCUT2D eigenvalue weighted by molar-refractivity contribution is 0.0997. The van der Waals surface area contributed by atoms with Crippen LogP contribution >= 0.6 is 0 Å². The molecule has 3 atom stereocenters. The first-order valence-electron chi connectivity index (χ1n) is 11.2. The minimum Gasteiger partial charge on any atom is -0.489 e. The molecule has 3 aromatic rings. The van der Waals surface area contributed by atoms with Crippen LogP contribution in [0.2, 0.25) is 0 Å². The van der Waals surface area contributed by atoms with E-state index in [1.54, 1.807) is 12.1 Å². The molecule has 1 aliphatic carbocycles. The van der Waals surface area contributed by atoms with Gasteiger partial charge in [0.15, 0.2) is 11.6 Å². The molecule has 2 aromatic carbocycles. The van der Waals surface area contributed by atoms with Crippen LogP contribution in [0.4, 0.5) is 8.78 Å². The first kappa shape index (κ1) is 20.9. The summed E-state index contributed by atoms with van der Waals surface area (Å²) in [7, 11) is 0. The Morgan fingerprint density at radius 2 is 2.09 bits per heavy atom. The second-order valence-corrected chi connectivity index (χ2v) is 8.94. The van der Waals surface area contributed by atoms with E-state index in [9.17, 15) is 13.6 Å². The number of primary amides is 1. The van der Waals surface area contributed by atoms with Crippen LogP contribution < -0.4 is 15.8 Å². The molecule has 0 radical (unpaired) electrons. The molecule has 0 saturated carbocycles. The molecule has 2 heterocycles. The van der Waals surface area contributed by atoms with Crippen LogP contribution in [0.3, 0.4) is 0 Å². The number of nitrogens with two attached hydrogens (primary N) is 1. The third-order valence-electron chi connectivity index (χ3n) is 7.00. The highest BCUT2D eigenvalue weighted by atomic mass is 19.1. The molecule has 0 fully saturated rings. The van der Waals surface area contributed by atoms with Crippen LogP contribution in [0.1, 0.15) is 46.9 Å². The largest absolute Gasteiger partial charge is 0.489 e. The van der Waals surface area contributed by atoms with E-state index in [0.717, 1.165) is 36.6 Å². The van der Waals surface area contributed by atoms with Gasteiger partial charge < -0.3 is 20.8 Å². The van der Waals surface area contributed by atoms with E-state index in [4.69, 9.17) is 10.5 Å². The highest BCUT2D eigenvalue weighted by molar-refractivity contribution is 5.95. The predicted molar refractivity (Wildman–Crippen MR) is 119 cm³/mol. The van der Waals surface area contributed by atoms with Crippen molar-refractivity contribution in [2.45, 2.75) is 51.1 Å². The van der Waals surface area contributed by atoms with Crippen molar-refractivity contribution in [1.82, 2.24) is 10.3 Å². The number of aromatic nitrogens is 1. The van der Waals surface area contributed by atoms with Gasteiger partial charge in [0.2, 0.25) is 5.91 Å². The van der Waals surface area contributed by atoms with Gasteiger partial charge in [0, 0.05) is 39.8 Å². The second kappa shape index (κ2) is 8.20. The third-order valence-corrected chi connectivity index (χ3v) is 7.00. The van der Waals surface area contributed by atoms with Crippen molar-refractivity contribution in [2.75, 3.05) is 6.61 Å². The normalized spacial score (nSPS) is 21.0. The minimum atomic E-state index is -0.580. The molecule has 5 rings (SSSR count). The number of carbonyl (C=O) groups is 1. The van der Waals surface area contributed by atoms with Gasteiger partial charge in [-0.3, -0.25) is 4.79 Å². The molecule has 2 aliphatic rings. The van der Waals surface area contributed by atoms with E-state index in [1.807, 2.05) is 0 Å². The Morgan fingerprint density at radius 1 is 1.25 bits per heavy atom. The number of aromatic amines is 1. The molecule has 4 N–H and O–H groups in total. The Kier molecular flexibility index (Phi) is 5.37. The topological polar surface area (TPSA) is 80.1 Å². The lowest BCUT2D eigenvalue weighted by Crippen LogP contribution is -2.49. The summed E-state index contributed by atoms with van der Waals surface area (Å²) in [5.74, 6) is -0.748. The monoisotopic (exact) mass is 439 g/mol. The van der Waals surface area contributed by atoms with Crippen LogP contribution in [0.5, 0.6) is 5.75 Å². The number of H-pyrrole nitrogens is 1. The first-order chi connectivity index (χ1) is 15.4. The zero-order valence-corrected chi connectivity index (χ0v) is 18.0. The van der Waals surface area contributed by atoms with Crippen LogP contribution in [0.15, 0.2) is 30.3 Å². The fraction of sp³-hybridized carbons (Fsp3) is 0.400. The number of carbonyl (C=O) groups excluding carboxylic acids is 1. The Balaban J connectivity index is 1.35. The number of halogens is 2. The van der Waals surface area contributed by atoms with Gasteiger partial charge in [0.25, 0.3) is 0 Å². The van der Waals surface area contributed by atoms with Gasteiger partial charge in [-0.1, -0.05) is 6.92 Å². The summed E-state index contributed by atoms with van der Waals surface area (Å²) >= 11 is 0. The van der Waals surface area contributed by atoms with Crippen molar-refractivity contribution >= 4 is 16.8 Å². The molecular formula is C25H27F2N3O2. The van der Waals surface area contributed by atoms with Gasteiger partial charge >= 0.3 is 0 Å².